The highest BCUT2D eigenvalue weighted by atomic mass is 15.2. The van der Waals surface area contributed by atoms with Crippen LogP contribution in [0.1, 0.15) is 27.4 Å². The van der Waals surface area contributed by atoms with Crippen LogP contribution in [0.4, 0.5) is 34.1 Å². The van der Waals surface area contributed by atoms with Gasteiger partial charge >= 0.3 is 0 Å². The van der Waals surface area contributed by atoms with Crippen LogP contribution in [0.5, 0.6) is 0 Å². The molecule has 4 heteroatoms. The second-order valence-electron chi connectivity index (χ2n) is 13.9. The zero-order valence-corrected chi connectivity index (χ0v) is 29.9. The maximum absolute atomic E-state index is 9.17. The number of para-hydroxylation sites is 6. The van der Waals surface area contributed by atoms with E-state index < -0.39 is 144 Å². The van der Waals surface area contributed by atoms with Gasteiger partial charge in [-0.05, 0) is 84.7 Å². The van der Waals surface area contributed by atoms with Gasteiger partial charge in [-0.1, -0.05) is 121 Å². The first-order valence-electron chi connectivity index (χ1n) is 28.3. The zero-order valence-electron chi connectivity index (χ0n) is 49.9. The van der Waals surface area contributed by atoms with E-state index in [4.69, 9.17) is 16.4 Å². The quantitative estimate of drug-likeness (QED) is 0.168. The number of aromatic nitrogens is 2. The largest absolute Gasteiger partial charge is 0.310 e. The molecule has 0 unspecified atom stereocenters. The van der Waals surface area contributed by atoms with Crippen LogP contribution >= 0.6 is 0 Å². The van der Waals surface area contributed by atoms with Gasteiger partial charge in [-0.3, -0.25) is 0 Å². The van der Waals surface area contributed by atoms with E-state index in [2.05, 4.69) is 0 Å². The van der Waals surface area contributed by atoms with E-state index in [0.717, 1.165) is 10.8 Å². The number of benzene rings is 9. The Labute approximate surface area is 362 Å². The van der Waals surface area contributed by atoms with Gasteiger partial charge in [0.25, 0.3) is 0 Å². The van der Waals surface area contributed by atoms with Crippen LogP contribution < -0.4 is 9.80 Å². The maximum Gasteiger partial charge on any atom is 0.0645 e. The molecule has 4 nitrogen and oxygen atoms in total. The molecule has 58 heavy (non-hydrogen) atoms. The lowest BCUT2D eigenvalue weighted by Crippen LogP contribution is -2.10. The molecule has 9 aromatic carbocycles. The summed E-state index contributed by atoms with van der Waals surface area (Å²) in [7, 11) is 0. The molecular formula is C54H34N4. The van der Waals surface area contributed by atoms with E-state index in [0.29, 0.717) is 65.4 Å². The monoisotopic (exact) mass is 758 g/mol. The minimum absolute atomic E-state index is 0.167. The average Bonchev–Trinajstić information content (AvgIpc) is 3.00. The molecule has 4 aromatic heterocycles. The predicted octanol–water partition coefficient (Wildman–Crippen LogP) is 14.9. The standard InChI is InChI=1S/C54H34N4/c1-5-17-35(18-6-1)55(36-19-7-2-8-20-36)47-31-29-39-43-33-50-44(34-49(43)57-45-27-15-13-25-41(45)51(47)53(39)57)40-30-32-48(52-42-26-14-16-28-46(42)58(50)54(40)52)56(37-21-9-3-10-22-37)38-23-11-4-12-24-38/h1-34H/i1D,2D,3D,4D,5D,6D,7D,8D,9D,10D,11D,12D,17D,18D,19D,20D,21D,22D,23D,24D. The SMILES string of the molecule is [2H]c1c([2H])c([2H])c(N(c2c([2H])c([2H])c([2H])c([2H])c2[2H])c2ccc3c4cc5c(cc4n4c6ccccc6c2c34)c2ccc(N(c3c([2H])c([2H])c([2H])c([2H])c3[2H])c3c([2H])c([2H])c([2H])c([2H])c3[2H])c3c4ccccc4n5c23)c([2H])c1[2H]. The van der Waals surface area contributed by atoms with Gasteiger partial charge in [-0.25, -0.2) is 0 Å². The van der Waals surface area contributed by atoms with Crippen molar-refractivity contribution in [2.75, 3.05) is 9.80 Å². The van der Waals surface area contributed by atoms with Gasteiger partial charge in [-0.15, -0.1) is 0 Å². The van der Waals surface area contributed by atoms with Gasteiger partial charge in [0.15, 0.2) is 0 Å². The minimum Gasteiger partial charge on any atom is -0.310 e. The highest BCUT2D eigenvalue weighted by Gasteiger charge is 2.27. The lowest BCUT2D eigenvalue weighted by molar-refractivity contribution is 1.30. The lowest BCUT2D eigenvalue weighted by atomic mass is 10.0. The summed E-state index contributed by atoms with van der Waals surface area (Å²) < 4.78 is 181. The van der Waals surface area contributed by atoms with Crippen LogP contribution in [0.2, 0.25) is 0 Å². The van der Waals surface area contributed by atoms with Gasteiger partial charge in [0, 0.05) is 65.8 Å². The summed E-state index contributed by atoms with van der Waals surface area (Å²) in [5.74, 6) is 0. The summed E-state index contributed by atoms with van der Waals surface area (Å²) in [6.45, 7) is 0. The number of fused-ring (bicyclic) bond motifs is 12. The Kier molecular flexibility index (Phi) is 3.67. The third-order valence-electron chi connectivity index (χ3n) is 11.1. The summed E-state index contributed by atoms with van der Waals surface area (Å²) >= 11 is 0. The van der Waals surface area contributed by atoms with Crippen LogP contribution in [0.15, 0.2) is 206 Å². The summed E-state index contributed by atoms with van der Waals surface area (Å²) in [4.78, 5) is 2.35. The van der Waals surface area contributed by atoms with Gasteiger partial charge in [0.1, 0.15) is 0 Å². The zero-order chi connectivity index (χ0) is 55.3. The molecule has 0 spiro atoms. The van der Waals surface area contributed by atoms with Crippen LogP contribution in [0.25, 0.3) is 76.2 Å². The highest BCUT2D eigenvalue weighted by molar-refractivity contribution is 6.32. The Balaban J connectivity index is 1.16. The summed E-state index contributed by atoms with van der Waals surface area (Å²) in [5, 5.41) is 5.10. The first-order valence-corrected chi connectivity index (χ1v) is 18.3. The molecule has 0 fully saturated rings. The number of hydrogen-bond donors (Lipinski definition) is 0. The molecule has 0 atom stereocenters. The fourth-order valence-electron chi connectivity index (χ4n) is 8.97. The minimum atomic E-state index is -0.695. The molecule has 13 rings (SSSR count). The van der Waals surface area contributed by atoms with E-state index >= 15 is 0 Å². The molecule has 0 saturated heterocycles. The van der Waals surface area contributed by atoms with E-state index in [9.17, 15) is 11.0 Å². The van der Waals surface area contributed by atoms with Crippen LogP contribution in [-0.2, 0) is 0 Å². The van der Waals surface area contributed by atoms with Gasteiger partial charge in [0.05, 0.1) is 71.9 Å². The molecule has 0 aliphatic heterocycles. The molecule has 13 aromatic rings. The number of hydrogen-bond acceptors (Lipinski definition) is 2. The number of anilines is 6. The average molecular weight is 759 g/mol. The molecule has 0 aliphatic carbocycles. The normalized spacial score (nSPS) is 17.0. The Bertz CT molecular complexity index is 4330. The number of nitrogens with zero attached hydrogens (tertiary/aromatic N) is 4. The van der Waals surface area contributed by atoms with E-state index in [1.807, 2.05) is 69.5 Å². The molecule has 0 amide bonds. The van der Waals surface area contributed by atoms with Crippen molar-refractivity contribution in [1.29, 1.82) is 0 Å². The van der Waals surface area contributed by atoms with Crippen molar-refractivity contribution in [3.05, 3.63) is 206 Å². The Morgan fingerprint density at radius 3 is 1.03 bits per heavy atom. The third kappa shape index (κ3) is 4.18. The predicted molar refractivity (Wildman–Crippen MR) is 245 cm³/mol. The van der Waals surface area contributed by atoms with E-state index in [1.165, 1.54) is 9.80 Å². The lowest BCUT2D eigenvalue weighted by Gasteiger charge is -2.26. The Hall–Kier alpha value is -7.82. The van der Waals surface area contributed by atoms with Gasteiger partial charge in [0.2, 0.25) is 0 Å². The summed E-state index contributed by atoms with van der Waals surface area (Å²) in [6, 6.07) is 12.0. The Morgan fingerprint density at radius 1 is 0.328 bits per heavy atom. The molecule has 0 N–H and O–H groups in total. The first kappa shape index (κ1) is 18.0. The van der Waals surface area contributed by atoms with Gasteiger partial charge in [-0.2, -0.15) is 0 Å². The molecule has 270 valence electrons. The molecule has 0 bridgehead atoms. The maximum atomic E-state index is 9.17. The fraction of sp³-hybridized carbons (Fsp3) is 0. The van der Waals surface area contributed by atoms with Gasteiger partial charge < -0.3 is 18.6 Å². The fourth-order valence-corrected chi connectivity index (χ4v) is 8.97. The second kappa shape index (κ2) is 11.8. The van der Waals surface area contributed by atoms with Crippen molar-refractivity contribution in [3.63, 3.8) is 0 Å². The van der Waals surface area contributed by atoms with Crippen molar-refractivity contribution < 1.29 is 27.4 Å². The van der Waals surface area contributed by atoms with Crippen molar-refractivity contribution in [2.24, 2.45) is 0 Å². The molecule has 0 aliphatic rings. The molecule has 0 saturated carbocycles. The molecule has 0 radical (unpaired) electrons. The van der Waals surface area contributed by atoms with Crippen molar-refractivity contribution in [3.8, 4) is 0 Å². The number of rotatable bonds is 6. The van der Waals surface area contributed by atoms with Crippen LogP contribution in [0, 0.1) is 0 Å². The van der Waals surface area contributed by atoms with E-state index in [1.54, 1.807) is 24.3 Å². The van der Waals surface area contributed by atoms with Crippen molar-refractivity contribution in [2.45, 2.75) is 0 Å². The molecular weight excluding hydrogens is 705 g/mol. The first-order chi connectivity index (χ1) is 37.1. The second-order valence-corrected chi connectivity index (χ2v) is 13.9. The van der Waals surface area contributed by atoms with Crippen molar-refractivity contribution >= 4 is 110 Å². The van der Waals surface area contributed by atoms with Crippen LogP contribution in [0.3, 0.4) is 0 Å². The smallest absolute Gasteiger partial charge is 0.0645 e. The molecule has 4 heterocycles. The third-order valence-corrected chi connectivity index (χ3v) is 11.1. The topological polar surface area (TPSA) is 15.3 Å². The highest BCUT2D eigenvalue weighted by Crippen LogP contribution is 2.51. The summed E-state index contributed by atoms with van der Waals surface area (Å²) in [6.07, 6.45) is 0. The summed E-state index contributed by atoms with van der Waals surface area (Å²) in [5.41, 5.74) is 2.60. The Morgan fingerprint density at radius 2 is 0.672 bits per heavy atom. The van der Waals surface area contributed by atoms with E-state index in [-0.39, 0.29) is 11.4 Å². The van der Waals surface area contributed by atoms with Crippen LogP contribution in [-0.4, -0.2) is 8.80 Å². The van der Waals surface area contributed by atoms with Crippen molar-refractivity contribution in [1.82, 2.24) is 8.80 Å².